The van der Waals surface area contributed by atoms with Crippen LogP contribution in [0, 0.1) is 0 Å². The van der Waals surface area contributed by atoms with Crippen molar-refractivity contribution in [3.63, 3.8) is 0 Å². The minimum Gasteiger partial charge on any atom is -0.506 e. The highest BCUT2D eigenvalue weighted by Gasteiger charge is 2.41. The van der Waals surface area contributed by atoms with Gasteiger partial charge >= 0.3 is 0 Å². The molecular weight excluding hydrogens is 356 g/mol. The number of hydrogen-bond acceptors (Lipinski definition) is 3. The number of pyridine rings is 1. The maximum atomic E-state index is 10.5. The summed E-state index contributed by atoms with van der Waals surface area (Å²) in [4.78, 5) is 6.54. The molecule has 2 atom stereocenters. The van der Waals surface area contributed by atoms with E-state index >= 15 is 0 Å². The minimum absolute atomic E-state index is 0.110. The van der Waals surface area contributed by atoms with Gasteiger partial charge in [-0.3, -0.25) is 4.98 Å². The van der Waals surface area contributed by atoms with E-state index in [0.717, 1.165) is 11.3 Å². The highest BCUT2D eigenvalue weighted by Crippen LogP contribution is 2.44. The molecule has 1 fully saturated rings. The molecule has 138 valence electrons. The zero-order valence-electron chi connectivity index (χ0n) is 15.3. The molecule has 0 saturated carbocycles. The smallest absolute Gasteiger partial charge is 0.174 e. The third-order valence-electron chi connectivity index (χ3n) is 4.91. The van der Waals surface area contributed by atoms with Crippen LogP contribution in [0.4, 0.5) is 5.69 Å². The lowest BCUT2D eigenvalue weighted by Crippen LogP contribution is -2.29. The van der Waals surface area contributed by atoms with Crippen LogP contribution in [0.15, 0.2) is 67.1 Å². The Kier molecular flexibility index (Phi) is 4.58. The summed E-state index contributed by atoms with van der Waals surface area (Å²) >= 11 is 5.66. The van der Waals surface area contributed by atoms with Gasteiger partial charge in [0.25, 0.3) is 0 Å². The Bertz CT molecular complexity index is 954. The molecule has 3 heterocycles. The summed E-state index contributed by atoms with van der Waals surface area (Å²) in [6.45, 7) is 4.30. The second-order valence-electron chi connectivity index (χ2n) is 6.97. The summed E-state index contributed by atoms with van der Waals surface area (Å²) < 4.78 is 2.18. The van der Waals surface area contributed by atoms with Crippen LogP contribution in [-0.4, -0.2) is 19.8 Å². The quantitative estimate of drug-likeness (QED) is 0.661. The van der Waals surface area contributed by atoms with Gasteiger partial charge in [0.15, 0.2) is 5.11 Å². The van der Waals surface area contributed by atoms with Crippen LogP contribution in [0.1, 0.15) is 43.2 Å². The van der Waals surface area contributed by atoms with E-state index in [0.29, 0.717) is 16.8 Å². The summed E-state index contributed by atoms with van der Waals surface area (Å²) in [5, 5.41) is 14.4. The molecule has 0 radical (unpaired) electrons. The predicted octanol–water partition coefficient (Wildman–Crippen LogP) is 4.35. The van der Waals surface area contributed by atoms with Crippen LogP contribution in [0.3, 0.4) is 0 Å². The normalized spacial score (nSPS) is 19.5. The summed E-state index contributed by atoms with van der Waals surface area (Å²) in [5.41, 5.74) is 2.73. The molecule has 0 bridgehead atoms. The number of thiocarbonyl (C=S) groups is 1. The van der Waals surface area contributed by atoms with Gasteiger partial charge in [-0.05, 0) is 62.0 Å². The topological polar surface area (TPSA) is 53.3 Å². The van der Waals surface area contributed by atoms with Crippen molar-refractivity contribution in [1.29, 1.82) is 0 Å². The van der Waals surface area contributed by atoms with Gasteiger partial charge in [0.1, 0.15) is 5.75 Å². The lowest BCUT2D eigenvalue weighted by atomic mass is 9.98. The van der Waals surface area contributed by atoms with Gasteiger partial charge in [0.05, 0.1) is 23.5 Å². The van der Waals surface area contributed by atoms with Crippen molar-refractivity contribution in [2.75, 3.05) is 4.90 Å². The number of anilines is 1. The molecule has 0 amide bonds. The van der Waals surface area contributed by atoms with Crippen LogP contribution in [0.25, 0.3) is 0 Å². The Balaban J connectivity index is 1.84. The van der Waals surface area contributed by atoms with Crippen LogP contribution >= 0.6 is 12.2 Å². The molecule has 0 spiro atoms. The van der Waals surface area contributed by atoms with E-state index < -0.39 is 0 Å². The molecule has 1 aliphatic rings. The van der Waals surface area contributed by atoms with Gasteiger partial charge in [0.2, 0.25) is 0 Å². The van der Waals surface area contributed by atoms with E-state index in [-0.39, 0.29) is 17.8 Å². The fourth-order valence-corrected chi connectivity index (χ4v) is 3.89. The number of nitrogens with one attached hydrogen (secondary N) is 1. The van der Waals surface area contributed by atoms with Crippen molar-refractivity contribution in [1.82, 2.24) is 14.9 Å². The molecule has 5 nitrogen and oxygen atoms in total. The van der Waals surface area contributed by atoms with Crippen LogP contribution in [0.2, 0.25) is 0 Å². The number of phenolic OH excluding ortho intramolecular Hbond substituents is 1. The second-order valence-corrected chi connectivity index (χ2v) is 7.36. The molecule has 0 aliphatic carbocycles. The van der Waals surface area contributed by atoms with Crippen molar-refractivity contribution in [3.8, 4) is 5.75 Å². The van der Waals surface area contributed by atoms with Crippen molar-refractivity contribution in [3.05, 3.63) is 78.4 Å². The van der Waals surface area contributed by atoms with E-state index in [9.17, 15) is 5.11 Å². The van der Waals surface area contributed by atoms with E-state index in [1.54, 1.807) is 12.3 Å². The number of hydrogen-bond donors (Lipinski definition) is 2. The molecule has 0 unspecified atom stereocenters. The number of nitrogens with zero attached hydrogens (tertiary/aromatic N) is 3. The Hall–Kier alpha value is -2.86. The molecule has 1 aromatic carbocycles. The Labute approximate surface area is 164 Å². The number of phenols is 1. The number of aromatic nitrogens is 2. The average Bonchev–Trinajstić information content (AvgIpc) is 3.28. The first kappa shape index (κ1) is 17.5. The summed E-state index contributed by atoms with van der Waals surface area (Å²) in [5.74, 6) is 0.205. The summed E-state index contributed by atoms with van der Waals surface area (Å²) in [7, 11) is 0. The lowest BCUT2D eigenvalue weighted by molar-refractivity contribution is 0.472. The van der Waals surface area contributed by atoms with E-state index in [1.165, 1.54) is 0 Å². The largest absolute Gasteiger partial charge is 0.506 e. The average molecular weight is 379 g/mol. The number of aromatic hydroxyl groups is 1. The molecular formula is C21H22N4OS. The van der Waals surface area contributed by atoms with Crippen molar-refractivity contribution >= 4 is 23.0 Å². The van der Waals surface area contributed by atoms with Gasteiger partial charge in [0, 0.05) is 24.6 Å². The maximum Gasteiger partial charge on any atom is 0.174 e. The number of rotatable bonds is 4. The third-order valence-corrected chi connectivity index (χ3v) is 5.23. The number of benzene rings is 1. The van der Waals surface area contributed by atoms with Crippen LogP contribution < -0.4 is 10.2 Å². The fraction of sp³-hybridized carbons (Fsp3) is 0.238. The SMILES string of the molecule is CC(C)n1ccc([C@H]2[C@H](c3ccccn3)NC(=S)N2c2ccccc2O)c1. The molecule has 6 heteroatoms. The van der Waals surface area contributed by atoms with E-state index in [4.69, 9.17) is 12.2 Å². The highest BCUT2D eigenvalue weighted by molar-refractivity contribution is 7.80. The zero-order chi connectivity index (χ0) is 19.0. The molecule has 1 aliphatic heterocycles. The van der Waals surface area contributed by atoms with Crippen LogP contribution in [-0.2, 0) is 0 Å². The molecule has 2 aromatic heterocycles. The zero-order valence-corrected chi connectivity index (χ0v) is 16.1. The maximum absolute atomic E-state index is 10.5. The van der Waals surface area contributed by atoms with Crippen molar-refractivity contribution < 1.29 is 5.11 Å². The Morgan fingerprint density at radius 2 is 1.89 bits per heavy atom. The molecule has 1 saturated heterocycles. The number of para-hydroxylation sites is 2. The van der Waals surface area contributed by atoms with Gasteiger partial charge in [-0.1, -0.05) is 18.2 Å². The summed E-state index contributed by atoms with van der Waals surface area (Å²) in [6, 6.07) is 15.4. The van der Waals surface area contributed by atoms with E-state index in [2.05, 4.69) is 47.2 Å². The standard InChI is InChI=1S/C21H22N4OS/c1-14(2)24-12-10-15(13-24)20-19(16-7-5-6-11-22-16)23-21(27)25(20)17-8-3-4-9-18(17)26/h3-14,19-20,26H,1-2H3,(H,23,27)/t19-,20-/m0/s1. The first-order valence-corrected chi connectivity index (χ1v) is 9.43. The van der Waals surface area contributed by atoms with Gasteiger partial charge in [-0.2, -0.15) is 0 Å². The monoisotopic (exact) mass is 378 g/mol. The predicted molar refractivity (Wildman–Crippen MR) is 111 cm³/mol. The van der Waals surface area contributed by atoms with Gasteiger partial charge < -0.3 is 19.9 Å². The molecule has 2 N–H and O–H groups in total. The first-order valence-electron chi connectivity index (χ1n) is 9.02. The highest BCUT2D eigenvalue weighted by atomic mass is 32.1. The van der Waals surface area contributed by atoms with Crippen molar-refractivity contribution in [2.45, 2.75) is 32.0 Å². The second kappa shape index (κ2) is 7.04. The molecule has 27 heavy (non-hydrogen) atoms. The third kappa shape index (κ3) is 3.17. The molecule has 4 rings (SSSR count). The Morgan fingerprint density at radius 3 is 2.56 bits per heavy atom. The first-order chi connectivity index (χ1) is 13.1. The van der Waals surface area contributed by atoms with E-state index in [1.807, 2.05) is 41.3 Å². The molecule has 3 aromatic rings. The van der Waals surface area contributed by atoms with Gasteiger partial charge in [-0.15, -0.1) is 0 Å². The lowest BCUT2D eigenvalue weighted by Gasteiger charge is -2.27. The summed E-state index contributed by atoms with van der Waals surface area (Å²) in [6.07, 6.45) is 6.02. The Morgan fingerprint density at radius 1 is 1.11 bits per heavy atom. The van der Waals surface area contributed by atoms with Gasteiger partial charge in [-0.25, -0.2) is 0 Å². The minimum atomic E-state index is -0.110. The van der Waals surface area contributed by atoms with Crippen LogP contribution in [0.5, 0.6) is 5.75 Å². The van der Waals surface area contributed by atoms with Crippen molar-refractivity contribution in [2.24, 2.45) is 0 Å². The fourth-order valence-electron chi connectivity index (χ4n) is 3.55.